The van der Waals surface area contributed by atoms with Crippen LogP contribution in [-0.4, -0.2) is 28.0 Å². The van der Waals surface area contributed by atoms with Crippen LogP contribution < -0.4 is 4.72 Å². The first-order chi connectivity index (χ1) is 11.8. The fraction of sp³-hybridized carbons (Fsp3) is 0.200. The minimum atomic E-state index is -3.79. The molecule has 0 bridgehead atoms. The molecular weight excluding hydrogens is 369 g/mol. The molecule has 0 radical (unpaired) electrons. The number of aryl methyl sites for hydroxylation is 2. The van der Waals surface area contributed by atoms with Crippen LogP contribution >= 0.6 is 11.6 Å². The summed E-state index contributed by atoms with van der Waals surface area (Å²) in [5, 5.41) is 8.34. The van der Waals surface area contributed by atoms with Crippen LogP contribution in [0.15, 0.2) is 41.7 Å². The molecule has 2 heterocycles. The average Bonchev–Trinajstić information content (AvgIpc) is 3.09. The predicted octanol–water partition coefficient (Wildman–Crippen LogP) is 2.57. The maximum atomic E-state index is 13.8. The van der Waals surface area contributed by atoms with Crippen LogP contribution in [0.2, 0.25) is 5.02 Å². The summed E-state index contributed by atoms with van der Waals surface area (Å²) in [6.45, 7) is 1.69. The van der Waals surface area contributed by atoms with Crippen molar-refractivity contribution in [3.8, 4) is 0 Å². The number of halogens is 2. The fourth-order valence-corrected chi connectivity index (χ4v) is 3.87. The zero-order valence-electron chi connectivity index (χ0n) is 13.4. The molecule has 0 fully saturated rings. The van der Waals surface area contributed by atoms with E-state index in [-0.39, 0.29) is 27.7 Å². The molecule has 25 heavy (non-hydrogen) atoms. The maximum absolute atomic E-state index is 13.8. The molecule has 3 aromatic rings. The van der Waals surface area contributed by atoms with Gasteiger partial charge in [0.2, 0.25) is 0 Å². The second-order valence-corrected chi connectivity index (χ2v) is 7.54. The molecule has 132 valence electrons. The first-order valence-corrected chi connectivity index (χ1v) is 9.11. The van der Waals surface area contributed by atoms with E-state index in [1.807, 2.05) is 0 Å². The summed E-state index contributed by atoms with van der Waals surface area (Å²) in [4.78, 5) is 0.0832. The van der Waals surface area contributed by atoms with Gasteiger partial charge in [-0.25, -0.2) is 12.8 Å². The van der Waals surface area contributed by atoms with Crippen LogP contribution in [0.4, 0.5) is 10.1 Å². The highest BCUT2D eigenvalue weighted by molar-refractivity contribution is 7.92. The average molecular weight is 384 g/mol. The summed E-state index contributed by atoms with van der Waals surface area (Å²) in [5.74, 6) is -0.448. The second-order valence-electron chi connectivity index (χ2n) is 5.48. The van der Waals surface area contributed by atoms with Crippen molar-refractivity contribution in [2.45, 2.75) is 18.4 Å². The lowest BCUT2D eigenvalue weighted by Gasteiger charge is -2.06. The molecule has 1 N–H and O–H groups in total. The van der Waals surface area contributed by atoms with Crippen LogP contribution in [0.25, 0.3) is 0 Å². The molecule has 0 spiro atoms. The van der Waals surface area contributed by atoms with Crippen molar-refractivity contribution >= 4 is 27.3 Å². The van der Waals surface area contributed by atoms with Crippen LogP contribution in [-0.2, 0) is 23.6 Å². The minimum Gasteiger partial charge on any atom is -0.276 e. The number of hydrogen-bond acceptors (Lipinski definition) is 4. The summed E-state index contributed by atoms with van der Waals surface area (Å²) < 4.78 is 44.0. The Labute approximate surface area is 149 Å². The Hall–Kier alpha value is -2.39. The number of aromatic nitrogens is 4. The van der Waals surface area contributed by atoms with Crippen LogP contribution in [0, 0.1) is 12.7 Å². The van der Waals surface area contributed by atoms with E-state index in [1.165, 1.54) is 40.1 Å². The first-order valence-electron chi connectivity index (χ1n) is 7.24. The molecule has 0 saturated carbocycles. The molecule has 0 saturated heterocycles. The van der Waals surface area contributed by atoms with Gasteiger partial charge in [-0.05, 0) is 19.1 Å². The number of nitrogens with one attached hydrogen (secondary N) is 1. The molecule has 7 nitrogen and oxygen atoms in total. The molecule has 0 aliphatic carbocycles. The van der Waals surface area contributed by atoms with E-state index in [2.05, 4.69) is 14.9 Å². The Balaban J connectivity index is 1.81. The van der Waals surface area contributed by atoms with Crippen molar-refractivity contribution in [3.05, 3.63) is 58.9 Å². The molecule has 10 heteroatoms. The molecular formula is C15H15ClFN5O2S. The van der Waals surface area contributed by atoms with Gasteiger partial charge < -0.3 is 0 Å². The number of benzene rings is 1. The van der Waals surface area contributed by atoms with E-state index in [0.29, 0.717) is 5.69 Å². The van der Waals surface area contributed by atoms with Gasteiger partial charge in [0.1, 0.15) is 10.7 Å². The van der Waals surface area contributed by atoms with E-state index >= 15 is 0 Å². The van der Waals surface area contributed by atoms with Crippen LogP contribution in [0.3, 0.4) is 0 Å². The van der Waals surface area contributed by atoms with Gasteiger partial charge in [0.05, 0.1) is 24.1 Å². The monoisotopic (exact) mass is 383 g/mol. The number of nitrogens with zero attached hydrogens (tertiary/aromatic N) is 4. The Kier molecular flexibility index (Phi) is 4.53. The molecule has 0 aliphatic rings. The first kappa shape index (κ1) is 17.4. The number of sulfonamides is 1. The zero-order valence-corrected chi connectivity index (χ0v) is 15.0. The van der Waals surface area contributed by atoms with Crippen molar-refractivity contribution < 1.29 is 12.8 Å². The van der Waals surface area contributed by atoms with Crippen molar-refractivity contribution in [1.82, 2.24) is 19.6 Å². The third kappa shape index (κ3) is 3.67. The maximum Gasteiger partial charge on any atom is 0.265 e. The lowest BCUT2D eigenvalue weighted by Crippen LogP contribution is -2.13. The summed E-state index contributed by atoms with van der Waals surface area (Å²) >= 11 is 5.99. The quantitative estimate of drug-likeness (QED) is 0.734. The van der Waals surface area contributed by atoms with Gasteiger partial charge in [0.15, 0.2) is 0 Å². The Morgan fingerprint density at radius 1 is 1.32 bits per heavy atom. The van der Waals surface area contributed by atoms with E-state index in [9.17, 15) is 12.8 Å². The lowest BCUT2D eigenvalue weighted by molar-refractivity contribution is 0.585. The zero-order chi connectivity index (χ0) is 18.2. The van der Waals surface area contributed by atoms with Gasteiger partial charge in [-0.15, -0.1) is 0 Å². The minimum absolute atomic E-state index is 0.0825. The molecule has 3 rings (SSSR count). The van der Waals surface area contributed by atoms with E-state index in [0.717, 1.165) is 0 Å². The third-order valence-electron chi connectivity index (χ3n) is 3.53. The third-order valence-corrected chi connectivity index (χ3v) is 5.36. The fourth-order valence-electron chi connectivity index (χ4n) is 2.40. The number of rotatable bonds is 5. The van der Waals surface area contributed by atoms with Crippen molar-refractivity contribution in [2.75, 3.05) is 4.72 Å². The number of hydrogen-bond donors (Lipinski definition) is 1. The topological polar surface area (TPSA) is 81.8 Å². The smallest absolute Gasteiger partial charge is 0.265 e. The molecule has 1 aromatic carbocycles. The molecule has 2 aromatic heterocycles. The molecule has 0 amide bonds. The van der Waals surface area contributed by atoms with E-state index < -0.39 is 15.8 Å². The van der Waals surface area contributed by atoms with Gasteiger partial charge in [0, 0.05) is 30.0 Å². The SMILES string of the molecule is Cc1nn(C)cc1S(=O)(=O)Nc1cnn(Cc2c(F)cccc2Cl)c1. The summed E-state index contributed by atoms with van der Waals surface area (Å²) in [6.07, 6.45) is 4.23. The van der Waals surface area contributed by atoms with Crippen LogP contribution in [0.5, 0.6) is 0 Å². The predicted molar refractivity (Wildman–Crippen MR) is 91.5 cm³/mol. The van der Waals surface area contributed by atoms with Gasteiger partial charge in [0.25, 0.3) is 10.0 Å². The summed E-state index contributed by atoms with van der Waals surface area (Å²) in [6, 6.07) is 4.40. The highest BCUT2D eigenvalue weighted by Gasteiger charge is 2.20. The van der Waals surface area contributed by atoms with Gasteiger partial charge >= 0.3 is 0 Å². The molecule has 0 unspecified atom stereocenters. The van der Waals surface area contributed by atoms with Crippen molar-refractivity contribution in [1.29, 1.82) is 0 Å². The Morgan fingerprint density at radius 3 is 2.72 bits per heavy atom. The van der Waals surface area contributed by atoms with Gasteiger partial charge in [-0.2, -0.15) is 10.2 Å². The standard InChI is InChI=1S/C15H15ClFN5O2S/c1-10-15(9-21(2)19-10)25(23,24)20-11-6-18-22(7-11)8-12-13(16)4-3-5-14(12)17/h3-7,9,20H,8H2,1-2H3. The Bertz CT molecular complexity index is 1010. The normalized spacial score (nSPS) is 11.7. The second kappa shape index (κ2) is 6.49. The van der Waals surface area contributed by atoms with Crippen LogP contribution in [0.1, 0.15) is 11.3 Å². The van der Waals surface area contributed by atoms with Gasteiger partial charge in [-0.1, -0.05) is 17.7 Å². The van der Waals surface area contributed by atoms with Crippen molar-refractivity contribution in [2.24, 2.45) is 7.05 Å². The molecule has 0 aliphatic heterocycles. The molecule has 0 atom stereocenters. The van der Waals surface area contributed by atoms with Gasteiger partial charge in [-0.3, -0.25) is 14.1 Å². The Morgan fingerprint density at radius 2 is 2.08 bits per heavy atom. The highest BCUT2D eigenvalue weighted by atomic mass is 35.5. The largest absolute Gasteiger partial charge is 0.276 e. The van der Waals surface area contributed by atoms with Crippen molar-refractivity contribution in [3.63, 3.8) is 0 Å². The van der Waals surface area contributed by atoms with E-state index in [1.54, 1.807) is 20.0 Å². The lowest BCUT2D eigenvalue weighted by atomic mass is 10.2. The summed E-state index contributed by atoms with van der Waals surface area (Å²) in [5.41, 5.74) is 0.932. The highest BCUT2D eigenvalue weighted by Crippen LogP contribution is 2.21. The van der Waals surface area contributed by atoms with E-state index in [4.69, 9.17) is 11.6 Å². The number of anilines is 1. The summed E-state index contributed by atoms with van der Waals surface area (Å²) in [7, 11) is -2.14.